The Balaban J connectivity index is 2.63. The van der Waals surface area contributed by atoms with Crippen LogP contribution in [0.1, 0.15) is 26.7 Å². The van der Waals surface area contributed by atoms with Crippen LogP contribution in [0.25, 0.3) is 0 Å². The largest absolute Gasteiger partial charge is 0.494 e. The lowest BCUT2D eigenvalue weighted by Crippen LogP contribution is -2.29. The molecule has 1 aromatic rings. The molecule has 0 amide bonds. The van der Waals surface area contributed by atoms with Crippen molar-refractivity contribution >= 4 is 16.0 Å². The highest BCUT2D eigenvalue weighted by molar-refractivity contribution is 7.89. The van der Waals surface area contributed by atoms with Gasteiger partial charge in [0.2, 0.25) is 10.0 Å². The molecule has 0 spiro atoms. The zero-order valence-corrected chi connectivity index (χ0v) is 13.0. The van der Waals surface area contributed by atoms with E-state index in [-0.39, 0.29) is 23.8 Å². The van der Waals surface area contributed by atoms with Crippen molar-refractivity contribution in [1.29, 1.82) is 0 Å². The first kappa shape index (κ1) is 17.5. The van der Waals surface area contributed by atoms with Crippen molar-refractivity contribution in [2.45, 2.75) is 31.6 Å². The Morgan fingerprint density at radius 2 is 1.95 bits per heavy atom. The van der Waals surface area contributed by atoms with Gasteiger partial charge in [0, 0.05) is 13.0 Å². The van der Waals surface area contributed by atoms with Crippen LogP contribution in [0.5, 0.6) is 5.75 Å². The number of carboxylic acids is 1. The average molecular weight is 315 g/mol. The van der Waals surface area contributed by atoms with E-state index in [1.165, 1.54) is 12.1 Å². The quantitative estimate of drug-likeness (QED) is 0.725. The average Bonchev–Trinajstić information content (AvgIpc) is 2.43. The van der Waals surface area contributed by atoms with E-state index in [4.69, 9.17) is 9.84 Å². The molecule has 21 heavy (non-hydrogen) atoms. The normalized spacial score (nSPS) is 12.9. The standard InChI is InChI=1S/C14H21NO5S/c1-3-8-20-12-4-6-13(7-5-12)21(18,19)15-10-11(2)9-14(16)17/h4-7,11,15H,3,8-10H2,1-2H3,(H,16,17). The number of hydrogen-bond donors (Lipinski definition) is 2. The molecule has 0 saturated heterocycles. The molecular formula is C14H21NO5S. The zero-order chi connectivity index (χ0) is 15.9. The third kappa shape index (κ3) is 6.14. The summed E-state index contributed by atoms with van der Waals surface area (Å²) in [4.78, 5) is 10.7. The van der Waals surface area contributed by atoms with Crippen molar-refractivity contribution in [3.8, 4) is 5.75 Å². The van der Waals surface area contributed by atoms with E-state index in [0.29, 0.717) is 12.4 Å². The van der Waals surface area contributed by atoms with Crippen molar-refractivity contribution in [2.24, 2.45) is 5.92 Å². The summed E-state index contributed by atoms with van der Waals surface area (Å²) in [7, 11) is -3.63. The van der Waals surface area contributed by atoms with Gasteiger partial charge in [-0.05, 0) is 36.6 Å². The first-order valence-electron chi connectivity index (χ1n) is 6.79. The van der Waals surface area contributed by atoms with Crippen LogP contribution in [0.15, 0.2) is 29.2 Å². The molecule has 0 aliphatic rings. The summed E-state index contributed by atoms with van der Waals surface area (Å²) in [6, 6.07) is 6.14. The lowest BCUT2D eigenvalue weighted by atomic mass is 10.1. The summed E-state index contributed by atoms with van der Waals surface area (Å²) in [5.41, 5.74) is 0. The van der Waals surface area contributed by atoms with Gasteiger partial charge in [-0.3, -0.25) is 4.79 Å². The second-order valence-electron chi connectivity index (χ2n) is 4.87. The maximum atomic E-state index is 12.0. The Bertz CT molecular complexity index is 553. The molecule has 0 bridgehead atoms. The number of hydrogen-bond acceptors (Lipinski definition) is 4. The Kier molecular flexibility index (Phi) is 6.64. The van der Waals surface area contributed by atoms with E-state index >= 15 is 0 Å². The summed E-state index contributed by atoms with van der Waals surface area (Å²) < 4.78 is 31.9. The molecule has 6 nitrogen and oxygen atoms in total. The number of benzene rings is 1. The maximum Gasteiger partial charge on any atom is 0.303 e. The molecule has 0 radical (unpaired) electrons. The Morgan fingerprint density at radius 1 is 1.33 bits per heavy atom. The van der Waals surface area contributed by atoms with Crippen LogP contribution in [0.3, 0.4) is 0 Å². The summed E-state index contributed by atoms with van der Waals surface area (Å²) in [5.74, 6) is -0.599. The van der Waals surface area contributed by atoms with Crippen molar-refractivity contribution in [1.82, 2.24) is 4.72 Å². The van der Waals surface area contributed by atoms with Gasteiger partial charge >= 0.3 is 5.97 Å². The number of carbonyl (C=O) groups is 1. The van der Waals surface area contributed by atoms with Crippen molar-refractivity contribution in [3.05, 3.63) is 24.3 Å². The molecule has 0 heterocycles. The predicted octanol–water partition coefficient (Wildman–Crippen LogP) is 1.86. The van der Waals surface area contributed by atoms with Gasteiger partial charge in [-0.2, -0.15) is 0 Å². The van der Waals surface area contributed by atoms with Crippen molar-refractivity contribution in [3.63, 3.8) is 0 Å². The third-order valence-corrected chi connectivity index (χ3v) is 4.19. The highest BCUT2D eigenvalue weighted by Crippen LogP contribution is 2.16. The maximum absolute atomic E-state index is 12.0. The number of ether oxygens (including phenoxy) is 1. The molecule has 1 atom stereocenters. The number of nitrogens with one attached hydrogen (secondary N) is 1. The lowest BCUT2D eigenvalue weighted by molar-refractivity contribution is -0.137. The smallest absolute Gasteiger partial charge is 0.303 e. The fourth-order valence-corrected chi connectivity index (χ4v) is 2.81. The number of aliphatic carboxylic acids is 1. The Labute approximate surface area is 125 Å². The summed E-state index contributed by atoms with van der Waals surface area (Å²) in [5, 5.41) is 8.64. The van der Waals surface area contributed by atoms with Crippen LogP contribution in [-0.2, 0) is 14.8 Å². The highest BCUT2D eigenvalue weighted by atomic mass is 32.2. The molecule has 7 heteroatoms. The van der Waals surface area contributed by atoms with Crippen LogP contribution in [0.4, 0.5) is 0 Å². The molecule has 1 aromatic carbocycles. The Hall–Kier alpha value is -1.60. The van der Waals surface area contributed by atoms with Crippen LogP contribution in [0.2, 0.25) is 0 Å². The van der Waals surface area contributed by atoms with E-state index < -0.39 is 16.0 Å². The lowest BCUT2D eigenvalue weighted by Gasteiger charge is -2.11. The molecule has 0 fully saturated rings. The molecule has 1 unspecified atom stereocenters. The number of carboxylic acid groups (broad SMARTS) is 1. The minimum atomic E-state index is -3.63. The molecule has 2 N–H and O–H groups in total. The molecular weight excluding hydrogens is 294 g/mol. The molecule has 0 aliphatic heterocycles. The van der Waals surface area contributed by atoms with Gasteiger partial charge in [-0.15, -0.1) is 0 Å². The van der Waals surface area contributed by atoms with Gasteiger partial charge in [0.05, 0.1) is 11.5 Å². The van der Waals surface area contributed by atoms with Gasteiger partial charge in [-0.1, -0.05) is 13.8 Å². The molecule has 0 aromatic heterocycles. The van der Waals surface area contributed by atoms with Gasteiger partial charge in [0.15, 0.2) is 0 Å². The third-order valence-electron chi connectivity index (χ3n) is 2.75. The summed E-state index contributed by atoms with van der Waals surface area (Å²) in [6.45, 7) is 4.33. The van der Waals surface area contributed by atoms with Gasteiger partial charge in [0.25, 0.3) is 0 Å². The van der Waals surface area contributed by atoms with Gasteiger partial charge in [-0.25, -0.2) is 13.1 Å². The summed E-state index contributed by atoms with van der Waals surface area (Å²) in [6.07, 6.45) is 0.801. The summed E-state index contributed by atoms with van der Waals surface area (Å²) >= 11 is 0. The minimum absolute atomic E-state index is 0.0771. The molecule has 0 aliphatic carbocycles. The predicted molar refractivity (Wildman–Crippen MR) is 78.8 cm³/mol. The van der Waals surface area contributed by atoms with Crippen LogP contribution < -0.4 is 9.46 Å². The van der Waals surface area contributed by atoms with Crippen LogP contribution >= 0.6 is 0 Å². The molecule has 118 valence electrons. The highest BCUT2D eigenvalue weighted by Gasteiger charge is 2.16. The van der Waals surface area contributed by atoms with E-state index in [0.717, 1.165) is 6.42 Å². The molecule has 0 saturated carbocycles. The second kappa shape index (κ2) is 7.99. The first-order valence-corrected chi connectivity index (χ1v) is 8.27. The van der Waals surface area contributed by atoms with Crippen LogP contribution in [-0.4, -0.2) is 32.6 Å². The SMILES string of the molecule is CCCOc1ccc(S(=O)(=O)NCC(C)CC(=O)O)cc1. The van der Waals surface area contributed by atoms with Crippen LogP contribution in [0, 0.1) is 5.92 Å². The van der Waals surface area contributed by atoms with E-state index in [9.17, 15) is 13.2 Å². The fourth-order valence-electron chi connectivity index (χ4n) is 1.64. The zero-order valence-electron chi connectivity index (χ0n) is 12.2. The molecule has 1 rings (SSSR count). The van der Waals surface area contributed by atoms with Crippen molar-refractivity contribution in [2.75, 3.05) is 13.2 Å². The monoisotopic (exact) mass is 315 g/mol. The fraction of sp³-hybridized carbons (Fsp3) is 0.500. The van der Waals surface area contributed by atoms with E-state index in [2.05, 4.69) is 4.72 Å². The minimum Gasteiger partial charge on any atom is -0.494 e. The Morgan fingerprint density at radius 3 is 2.48 bits per heavy atom. The topological polar surface area (TPSA) is 92.7 Å². The number of rotatable bonds is 9. The van der Waals surface area contributed by atoms with Gasteiger partial charge < -0.3 is 9.84 Å². The van der Waals surface area contributed by atoms with Crippen molar-refractivity contribution < 1.29 is 23.1 Å². The van der Waals surface area contributed by atoms with E-state index in [1.54, 1.807) is 19.1 Å². The van der Waals surface area contributed by atoms with Gasteiger partial charge in [0.1, 0.15) is 5.75 Å². The first-order chi connectivity index (χ1) is 9.85. The van der Waals surface area contributed by atoms with E-state index in [1.807, 2.05) is 6.92 Å². The number of sulfonamides is 1. The second-order valence-corrected chi connectivity index (χ2v) is 6.64.